The van der Waals surface area contributed by atoms with Gasteiger partial charge in [0.2, 0.25) is 5.91 Å². The predicted molar refractivity (Wildman–Crippen MR) is 99.8 cm³/mol. The van der Waals surface area contributed by atoms with E-state index in [1.54, 1.807) is 30.4 Å². The maximum absolute atomic E-state index is 13.0. The molecule has 0 heterocycles. The van der Waals surface area contributed by atoms with Gasteiger partial charge in [-0.1, -0.05) is 24.3 Å². The number of carboxylic acid groups (broad SMARTS) is 1. The Hall–Kier alpha value is -3.48. The van der Waals surface area contributed by atoms with Crippen molar-refractivity contribution >= 4 is 29.2 Å². The molecule has 2 N–H and O–H groups in total. The lowest BCUT2D eigenvalue weighted by Gasteiger charge is -2.28. The summed E-state index contributed by atoms with van der Waals surface area (Å²) < 4.78 is 13.0. The van der Waals surface area contributed by atoms with Gasteiger partial charge in [0.15, 0.2) is 0 Å². The number of halogens is 1. The summed E-state index contributed by atoms with van der Waals surface area (Å²) in [5, 5.41) is 16.6. The highest BCUT2D eigenvalue weighted by Gasteiger charge is 2.30. The number of rotatable bonds is 5. The number of para-hydroxylation sites is 1. The van der Waals surface area contributed by atoms with E-state index in [9.17, 15) is 23.9 Å². The summed E-state index contributed by atoms with van der Waals surface area (Å²) in [6.07, 6.45) is 3.99. The molecule has 0 radical (unpaired) electrons. The van der Waals surface area contributed by atoms with Crippen molar-refractivity contribution in [3.8, 4) is 0 Å². The Morgan fingerprint density at radius 3 is 2.21 bits per heavy atom. The van der Waals surface area contributed by atoms with Gasteiger partial charge in [-0.3, -0.25) is 9.59 Å². The summed E-state index contributed by atoms with van der Waals surface area (Å²) >= 11 is 0. The number of aliphatic carboxylic acids is 1. The van der Waals surface area contributed by atoms with E-state index in [2.05, 4.69) is 10.6 Å². The second-order valence-electron chi connectivity index (χ2n) is 6.47. The molecule has 3 rings (SSSR count). The number of carbonyl (C=O) groups is 3. The minimum absolute atomic E-state index is 0.205. The van der Waals surface area contributed by atoms with Crippen LogP contribution in [0, 0.1) is 17.7 Å². The van der Waals surface area contributed by atoms with E-state index < -0.39 is 35.4 Å². The second kappa shape index (κ2) is 8.47. The zero-order chi connectivity index (χ0) is 20.1. The summed E-state index contributed by atoms with van der Waals surface area (Å²) in [6, 6.07) is 11.7. The van der Waals surface area contributed by atoms with E-state index in [0.717, 1.165) is 0 Å². The van der Waals surface area contributed by atoms with Crippen molar-refractivity contribution in [2.75, 3.05) is 10.6 Å². The van der Waals surface area contributed by atoms with Crippen LogP contribution in [0.2, 0.25) is 0 Å². The summed E-state index contributed by atoms with van der Waals surface area (Å²) in [5.74, 6) is -4.35. The molecule has 144 valence electrons. The van der Waals surface area contributed by atoms with Crippen LogP contribution in [0.1, 0.15) is 23.2 Å². The van der Waals surface area contributed by atoms with Crippen molar-refractivity contribution in [3.63, 3.8) is 0 Å². The molecule has 0 spiro atoms. The molecule has 0 fully saturated rings. The van der Waals surface area contributed by atoms with E-state index in [0.29, 0.717) is 5.69 Å². The Morgan fingerprint density at radius 1 is 0.893 bits per heavy atom. The van der Waals surface area contributed by atoms with Crippen LogP contribution in [0.3, 0.4) is 0 Å². The molecule has 7 heteroatoms. The van der Waals surface area contributed by atoms with E-state index in [-0.39, 0.29) is 24.1 Å². The quantitative estimate of drug-likeness (QED) is 0.777. The molecule has 0 aliphatic heterocycles. The van der Waals surface area contributed by atoms with Crippen molar-refractivity contribution in [2.45, 2.75) is 12.8 Å². The molecule has 2 aromatic rings. The van der Waals surface area contributed by atoms with Gasteiger partial charge in [0, 0.05) is 17.6 Å². The summed E-state index contributed by atoms with van der Waals surface area (Å²) in [7, 11) is 0. The van der Waals surface area contributed by atoms with E-state index >= 15 is 0 Å². The van der Waals surface area contributed by atoms with Crippen LogP contribution in [-0.4, -0.2) is 17.8 Å². The van der Waals surface area contributed by atoms with Gasteiger partial charge < -0.3 is 20.5 Å². The molecule has 2 atom stereocenters. The van der Waals surface area contributed by atoms with Gasteiger partial charge in [-0.15, -0.1) is 0 Å². The first kappa shape index (κ1) is 19.3. The zero-order valence-corrected chi connectivity index (χ0v) is 14.9. The number of anilines is 2. The molecule has 0 saturated carbocycles. The average molecular weight is 381 g/mol. The van der Waals surface area contributed by atoms with Crippen LogP contribution >= 0.6 is 0 Å². The molecule has 1 aliphatic carbocycles. The first-order valence-corrected chi connectivity index (χ1v) is 8.78. The number of carbonyl (C=O) groups excluding carboxylic acids is 3. The molecule has 0 saturated heterocycles. The number of allylic oxidation sites excluding steroid dienone is 2. The lowest BCUT2D eigenvalue weighted by atomic mass is 9.82. The first-order valence-electron chi connectivity index (χ1n) is 8.78. The Bertz CT molecular complexity index is 924. The molecular weight excluding hydrogens is 363 g/mol. The van der Waals surface area contributed by atoms with Gasteiger partial charge in [-0.2, -0.15) is 0 Å². The van der Waals surface area contributed by atoms with Gasteiger partial charge in [-0.05, 0) is 49.2 Å². The number of benzene rings is 2. The first-order chi connectivity index (χ1) is 13.5. The summed E-state index contributed by atoms with van der Waals surface area (Å²) in [4.78, 5) is 36.5. The largest absolute Gasteiger partial charge is 0.550 e. The number of carboxylic acids is 1. The third kappa shape index (κ3) is 4.43. The van der Waals surface area contributed by atoms with Crippen molar-refractivity contribution in [3.05, 3.63) is 72.1 Å². The Kier molecular flexibility index (Phi) is 5.84. The van der Waals surface area contributed by atoms with Crippen molar-refractivity contribution < 1.29 is 23.9 Å². The Labute approximate surface area is 161 Å². The van der Waals surface area contributed by atoms with Gasteiger partial charge in [0.1, 0.15) is 5.82 Å². The van der Waals surface area contributed by atoms with Gasteiger partial charge in [0.05, 0.1) is 17.2 Å². The highest BCUT2D eigenvalue weighted by molar-refractivity contribution is 6.10. The fraction of sp³-hybridized carbons (Fsp3) is 0.190. The highest BCUT2D eigenvalue weighted by atomic mass is 19.1. The topological polar surface area (TPSA) is 98.3 Å². The van der Waals surface area contributed by atoms with Gasteiger partial charge in [-0.25, -0.2) is 4.39 Å². The van der Waals surface area contributed by atoms with Crippen LogP contribution in [0.25, 0.3) is 0 Å². The standard InChI is InChI=1S/C21H19FN2O4/c22-13-9-11-14(12-10-13)23-20(26)17-7-3-4-8-18(17)24-19(25)15-5-1-2-6-16(15)21(27)28/h1-4,7-12,15-16H,5-6H2,(H,23,26)(H,24,25)(H,27,28)/p-1. The highest BCUT2D eigenvalue weighted by Crippen LogP contribution is 2.27. The van der Waals surface area contributed by atoms with E-state index in [1.165, 1.54) is 30.3 Å². The smallest absolute Gasteiger partial charge is 0.257 e. The minimum Gasteiger partial charge on any atom is -0.550 e. The molecule has 28 heavy (non-hydrogen) atoms. The second-order valence-corrected chi connectivity index (χ2v) is 6.47. The van der Waals surface area contributed by atoms with E-state index in [4.69, 9.17) is 0 Å². The number of hydrogen-bond acceptors (Lipinski definition) is 4. The maximum Gasteiger partial charge on any atom is 0.257 e. The molecule has 1 aliphatic rings. The molecule has 0 aromatic heterocycles. The fourth-order valence-electron chi connectivity index (χ4n) is 3.11. The van der Waals surface area contributed by atoms with Crippen molar-refractivity contribution in [2.24, 2.45) is 11.8 Å². The predicted octanol–water partition coefficient (Wildman–Crippen LogP) is 2.35. The molecule has 2 unspecified atom stereocenters. The molecule has 2 amide bonds. The lowest BCUT2D eigenvalue weighted by Crippen LogP contribution is -2.41. The SMILES string of the molecule is O=C(Nc1ccc(F)cc1)c1ccccc1NC(=O)C1CC=CCC1C(=O)[O-]. The zero-order valence-electron chi connectivity index (χ0n) is 14.9. The van der Waals surface area contributed by atoms with Crippen LogP contribution < -0.4 is 15.7 Å². The monoisotopic (exact) mass is 381 g/mol. The van der Waals surface area contributed by atoms with Crippen LogP contribution in [-0.2, 0) is 9.59 Å². The normalized spacial score (nSPS) is 18.3. The summed E-state index contributed by atoms with van der Waals surface area (Å²) in [5.41, 5.74) is 0.872. The van der Waals surface area contributed by atoms with E-state index in [1.807, 2.05) is 0 Å². The average Bonchev–Trinajstić information content (AvgIpc) is 2.70. The third-order valence-corrected chi connectivity index (χ3v) is 4.60. The maximum atomic E-state index is 13.0. The molecule has 6 nitrogen and oxygen atoms in total. The van der Waals surface area contributed by atoms with Crippen LogP contribution in [0.15, 0.2) is 60.7 Å². The fourth-order valence-corrected chi connectivity index (χ4v) is 3.11. The lowest BCUT2D eigenvalue weighted by molar-refractivity contribution is -0.313. The Morgan fingerprint density at radius 2 is 1.54 bits per heavy atom. The molecule has 0 bridgehead atoms. The van der Waals surface area contributed by atoms with Crippen LogP contribution in [0.4, 0.5) is 15.8 Å². The third-order valence-electron chi connectivity index (χ3n) is 4.60. The Balaban J connectivity index is 1.77. The van der Waals surface area contributed by atoms with Crippen LogP contribution in [0.5, 0.6) is 0 Å². The van der Waals surface area contributed by atoms with Crippen molar-refractivity contribution in [1.29, 1.82) is 0 Å². The van der Waals surface area contributed by atoms with Gasteiger partial charge >= 0.3 is 0 Å². The molecular formula is C21H18FN2O4-. The minimum atomic E-state index is -1.27. The number of amides is 2. The van der Waals surface area contributed by atoms with Gasteiger partial charge in [0.25, 0.3) is 5.91 Å². The van der Waals surface area contributed by atoms with Crippen molar-refractivity contribution in [1.82, 2.24) is 0 Å². The number of nitrogens with one attached hydrogen (secondary N) is 2. The summed E-state index contributed by atoms with van der Waals surface area (Å²) in [6.45, 7) is 0. The molecule has 2 aromatic carbocycles. The number of hydrogen-bond donors (Lipinski definition) is 2.